The summed E-state index contributed by atoms with van der Waals surface area (Å²) in [5, 5.41) is 3.70. The molecule has 0 aromatic heterocycles. The maximum Gasteiger partial charge on any atom is 0.143 e. The van der Waals surface area contributed by atoms with E-state index in [1.165, 1.54) is 12.1 Å². The molecule has 0 saturated heterocycles. The standard InChI is InChI=1S/C16H15BrClF2N/c1-9-5-10(7-11(18)6-9)15(21-2)8-12-14(19)4-3-13(17)16(12)20/h3-7,15,21H,8H2,1-2H3. The minimum absolute atomic E-state index is 0.0568. The Kier molecular flexibility index (Phi) is 5.36. The second-order valence-electron chi connectivity index (χ2n) is 4.93. The van der Waals surface area contributed by atoms with Gasteiger partial charge in [-0.05, 0) is 71.7 Å². The molecule has 21 heavy (non-hydrogen) atoms. The lowest BCUT2D eigenvalue weighted by atomic mass is 9.97. The SMILES string of the molecule is CNC(Cc1c(F)ccc(Br)c1F)c1cc(C)cc(Cl)c1. The Bertz CT molecular complexity index is 641. The topological polar surface area (TPSA) is 12.0 Å². The molecule has 0 aliphatic heterocycles. The lowest BCUT2D eigenvalue weighted by molar-refractivity contribution is 0.512. The van der Waals surface area contributed by atoms with E-state index in [2.05, 4.69) is 21.2 Å². The van der Waals surface area contributed by atoms with Crippen LogP contribution in [0.5, 0.6) is 0 Å². The average molecular weight is 375 g/mol. The zero-order chi connectivity index (χ0) is 15.6. The van der Waals surface area contributed by atoms with Crippen LogP contribution in [0.15, 0.2) is 34.8 Å². The van der Waals surface area contributed by atoms with E-state index in [1.807, 2.05) is 25.1 Å². The van der Waals surface area contributed by atoms with Gasteiger partial charge in [-0.25, -0.2) is 8.78 Å². The number of rotatable bonds is 4. The maximum absolute atomic E-state index is 14.1. The van der Waals surface area contributed by atoms with Crippen molar-refractivity contribution in [2.24, 2.45) is 0 Å². The summed E-state index contributed by atoms with van der Waals surface area (Å²) in [6.07, 6.45) is 0.202. The predicted octanol–water partition coefficient (Wildman–Crippen LogP) is 5.19. The van der Waals surface area contributed by atoms with Gasteiger partial charge in [-0.15, -0.1) is 0 Å². The largest absolute Gasteiger partial charge is 0.313 e. The van der Waals surface area contributed by atoms with Gasteiger partial charge >= 0.3 is 0 Å². The van der Waals surface area contributed by atoms with Crippen LogP contribution in [0.1, 0.15) is 22.7 Å². The molecule has 2 aromatic carbocycles. The van der Waals surface area contributed by atoms with Crippen LogP contribution in [0.2, 0.25) is 5.02 Å². The Morgan fingerprint density at radius 1 is 1.24 bits per heavy atom. The zero-order valence-electron chi connectivity index (χ0n) is 11.7. The van der Waals surface area contributed by atoms with Crippen LogP contribution in [0.4, 0.5) is 8.78 Å². The van der Waals surface area contributed by atoms with Crippen LogP contribution in [0.3, 0.4) is 0 Å². The smallest absolute Gasteiger partial charge is 0.143 e. The molecule has 2 aromatic rings. The molecule has 0 heterocycles. The number of benzene rings is 2. The molecule has 0 spiro atoms. The van der Waals surface area contributed by atoms with Crippen LogP contribution in [-0.4, -0.2) is 7.05 Å². The monoisotopic (exact) mass is 373 g/mol. The zero-order valence-corrected chi connectivity index (χ0v) is 14.0. The maximum atomic E-state index is 14.1. The fourth-order valence-corrected chi connectivity index (χ4v) is 2.98. The van der Waals surface area contributed by atoms with Crippen molar-refractivity contribution in [2.45, 2.75) is 19.4 Å². The van der Waals surface area contributed by atoms with Crippen molar-refractivity contribution < 1.29 is 8.78 Å². The van der Waals surface area contributed by atoms with Gasteiger partial charge in [0.25, 0.3) is 0 Å². The molecule has 1 unspecified atom stereocenters. The molecular formula is C16H15BrClF2N. The molecule has 1 N–H and O–H groups in total. The first-order chi connectivity index (χ1) is 9.92. The van der Waals surface area contributed by atoms with Crippen LogP contribution in [0, 0.1) is 18.6 Å². The predicted molar refractivity (Wildman–Crippen MR) is 85.8 cm³/mol. The molecule has 0 bridgehead atoms. The van der Waals surface area contributed by atoms with Crippen LogP contribution in [0.25, 0.3) is 0 Å². The lowest BCUT2D eigenvalue weighted by Gasteiger charge is -2.19. The summed E-state index contributed by atoms with van der Waals surface area (Å²) in [6.45, 7) is 1.93. The van der Waals surface area contributed by atoms with Crippen LogP contribution in [-0.2, 0) is 6.42 Å². The van der Waals surface area contributed by atoms with Gasteiger partial charge in [-0.1, -0.05) is 17.7 Å². The molecule has 0 fully saturated rings. The van der Waals surface area contributed by atoms with Crippen molar-refractivity contribution in [2.75, 3.05) is 7.05 Å². The van der Waals surface area contributed by atoms with E-state index in [4.69, 9.17) is 11.6 Å². The highest BCUT2D eigenvalue weighted by Gasteiger charge is 2.18. The Morgan fingerprint density at radius 3 is 2.57 bits per heavy atom. The third kappa shape index (κ3) is 3.82. The summed E-state index contributed by atoms with van der Waals surface area (Å²) in [5.41, 5.74) is 1.97. The molecule has 2 rings (SSSR count). The fraction of sp³-hybridized carbons (Fsp3) is 0.250. The molecule has 112 valence electrons. The quantitative estimate of drug-likeness (QED) is 0.726. The number of aryl methyl sites for hydroxylation is 1. The molecule has 0 saturated carbocycles. The van der Waals surface area contributed by atoms with Crippen molar-refractivity contribution in [3.63, 3.8) is 0 Å². The molecule has 0 aliphatic rings. The average Bonchev–Trinajstić information content (AvgIpc) is 2.42. The van der Waals surface area contributed by atoms with Crippen LogP contribution < -0.4 is 5.32 Å². The van der Waals surface area contributed by atoms with Crippen molar-refractivity contribution in [1.82, 2.24) is 5.32 Å². The lowest BCUT2D eigenvalue weighted by Crippen LogP contribution is -2.20. The molecule has 0 radical (unpaired) electrons. The first kappa shape index (κ1) is 16.4. The highest BCUT2D eigenvalue weighted by molar-refractivity contribution is 9.10. The third-order valence-electron chi connectivity index (χ3n) is 3.36. The van der Waals surface area contributed by atoms with Gasteiger partial charge in [0.15, 0.2) is 0 Å². The second-order valence-corrected chi connectivity index (χ2v) is 6.22. The normalized spacial score (nSPS) is 12.5. The molecule has 0 aliphatic carbocycles. The molecule has 0 amide bonds. The molecule has 1 nitrogen and oxygen atoms in total. The van der Waals surface area contributed by atoms with E-state index in [0.29, 0.717) is 5.02 Å². The first-order valence-electron chi connectivity index (χ1n) is 6.49. The second kappa shape index (κ2) is 6.86. The van der Waals surface area contributed by atoms with Crippen molar-refractivity contribution in [3.05, 3.63) is 68.2 Å². The van der Waals surface area contributed by atoms with E-state index in [1.54, 1.807) is 7.05 Å². The molecular weight excluding hydrogens is 360 g/mol. The minimum Gasteiger partial charge on any atom is -0.313 e. The Labute approximate surface area is 136 Å². The van der Waals surface area contributed by atoms with E-state index in [0.717, 1.165) is 11.1 Å². The van der Waals surface area contributed by atoms with Gasteiger partial charge in [-0.2, -0.15) is 0 Å². The molecule has 5 heteroatoms. The Balaban J connectivity index is 2.38. The summed E-state index contributed by atoms with van der Waals surface area (Å²) in [5.74, 6) is -1.11. The van der Waals surface area contributed by atoms with Gasteiger partial charge in [0.1, 0.15) is 11.6 Å². The number of halogens is 4. The summed E-state index contributed by atoms with van der Waals surface area (Å²) in [6, 6.07) is 8.02. The van der Waals surface area contributed by atoms with Gasteiger partial charge in [-0.3, -0.25) is 0 Å². The number of likely N-dealkylation sites (N-methyl/N-ethyl adjacent to an activating group) is 1. The Morgan fingerprint density at radius 2 is 1.95 bits per heavy atom. The van der Waals surface area contributed by atoms with E-state index < -0.39 is 11.6 Å². The van der Waals surface area contributed by atoms with Gasteiger partial charge in [0.05, 0.1) is 4.47 Å². The third-order valence-corrected chi connectivity index (χ3v) is 4.19. The summed E-state index contributed by atoms with van der Waals surface area (Å²) < 4.78 is 28.2. The minimum atomic E-state index is -0.561. The van der Waals surface area contributed by atoms with Crippen molar-refractivity contribution >= 4 is 27.5 Å². The van der Waals surface area contributed by atoms with Crippen LogP contribution >= 0.6 is 27.5 Å². The number of hydrogen-bond donors (Lipinski definition) is 1. The highest BCUT2D eigenvalue weighted by Crippen LogP contribution is 2.28. The van der Waals surface area contributed by atoms with E-state index >= 15 is 0 Å². The Hall–Kier alpha value is -0.970. The molecule has 1 atom stereocenters. The van der Waals surface area contributed by atoms with Crippen molar-refractivity contribution in [1.29, 1.82) is 0 Å². The van der Waals surface area contributed by atoms with Gasteiger partial charge in [0.2, 0.25) is 0 Å². The first-order valence-corrected chi connectivity index (χ1v) is 7.66. The summed E-state index contributed by atoms with van der Waals surface area (Å²) in [7, 11) is 1.76. The number of hydrogen-bond acceptors (Lipinski definition) is 1. The van der Waals surface area contributed by atoms with Gasteiger partial charge in [0, 0.05) is 16.6 Å². The number of nitrogens with one attached hydrogen (secondary N) is 1. The van der Waals surface area contributed by atoms with E-state index in [-0.39, 0.29) is 22.5 Å². The highest BCUT2D eigenvalue weighted by atomic mass is 79.9. The fourth-order valence-electron chi connectivity index (χ4n) is 2.31. The van der Waals surface area contributed by atoms with E-state index in [9.17, 15) is 8.78 Å². The van der Waals surface area contributed by atoms with Crippen molar-refractivity contribution in [3.8, 4) is 0 Å². The van der Waals surface area contributed by atoms with Gasteiger partial charge < -0.3 is 5.32 Å². The summed E-state index contributed by atoms with van der Waals surface area (Å²) >= 11 is 9.15. The summed E-state index contributed by atoms with van der Waals surface area (Å²) in [4.78, 5) is 0.